The van der Waals surface area contributed by atoms with Gasteiger partial charge in [0.25, 0.3) is 0 Å². The highest BCUT2D eigenvalue weighted by Gasteiger charge is 2.13. The van der Waals surface area contributed by atoms with Gasteiger partial charge in [-0.05, 0) is 60.9 Å². The van der Waals surface area contributed by atoms with Gasteiger partial charge >= 0.3 is 0 Å². The summed E-state index contributed by atoms with van der Waals surface area (Å²) in [4.78, 5) is 17.4. The Morgan fingerprint density at radius 1 is 0.941 bits per heavy atom. The minimum Gasteiger partial charge on any atom is -0.494 e. The van der Waals surface area contributed by atoms with E-state index in [1.165, 1.54) is 5.39 Å². The Balaban J connectivity index is 1.22. The first-order valence-corrected chi connectivity index (χ1v) is 11.4. The molecule has 170 valence electrons. The molecule has 0 bridgehead atoms. The van der Waals surface area contributed by atoms with Gasteiger partial charge in [0.15, 0.2) is 5.82 Å². The lowest BCUT2D eigenvalue weighted by atomic mass is 10.1. The van der Waals surface area contributed by atoms with E-state index in [4.69, 9.17) is 9.72 Å². The van der Waals surface area contributed by atoms with Crippen LogP contribution in [0, 0.1) is 13.8 Å². The highest BCUT2D eigenvalue weighted by atomic mass is 16.5. The normalized spacial score (nSPS) is 11.1. The number of para-hydroxylation sites is 1. The van der Waals surface area contributed by atoms with Crippen LogP contribution in [0.4, 0.5) is 5.82 Å². The van der Waals surface area contributed by atoms with Crippen molar-refractivity contribution < 1.29 is 9.53 Å². The second-order valence-corrected chi connectivity index (χ2v) is 8.41. The highest BCUT2D eigenvalue weighted by molar-refractivity contribution is 5.90. The molecule has 5 rings (SSSR count). The minimum atomic E-state index is -0.0826. The fraction of sp³-hybridized carbons (Fsp3) is 0.179. The molecule has 0 atom stereocenters. The number of ether oxygens (including phenoxy) is 1. The van der Waals surface area contributed by atoms with Crippen molar-refractivity contribution in [3.63, 3.8) is 0 Å². The fourth-order valence-corrected chi connectivity index (χ4v) is 4.09. The molecular weight excluding hydrogens is 424 g/mol. The monoisotopic (exact) mass is 450 g/mol. The highest BCUT2D eigenvalue weighted by Crippen LogP contribution is 2.23. The van der Waals surface area contributed by atoms with Gasteiger partial charge in [-0.2, -0.15) is 9.78 Å². The number of carbonyl (C=O) groups is 1. The molecule has 2 heterocycles. The predicted molar refractivity (Wildman–Crippen MR) is 136 cm³/mol. The zero-order valence-corrected chi connectivity index (χ0v) is 19.3. The van der Waals surface area contributed by atoms with Crippen LogP contribution in [0.1, 0.15) is 24.1 Å². The summed E-state index contributed by atoms with van der Waals surface area (Å²) in [6.07, 6.45) is 0.959. The van der Waals surface area contributed by atoms with E-state index in [0.717, 1.165) is 33.3 Å². The first-order valence-electron chi connectivity index (χ1n) is 11.4. The van der Waals surface area contributed by atoms with Crippen molar-refractivity contribution in [2.45, 2.75) is 26.7 Å². The summed E-state index contributed by atoms with van der Waals surface area (Å²) in [6, 6.07) is 26.0. The predicted octanol–water partition coefficient (Wildman–Crippen LogP) is 5.99. The van der Waals surface area contributed by atoms with Crippen LogP contribution in [0.5, 0.6) is 5.75 Å². The van der Waals surface area contributed by atoms with Gasteiger partial charge in [-0.1, -0.05) is 48.5 Å². The number of anilines is 1. The van der Waals surface area contributed by atoms with E-state index in [1.54, 1.807) is 4.68 Å². The summed E-state index contributed by atoms with van der Waals surface area (Å²) < 4.78 is 7.55. The number of benzene rings is 3. The van der Waals surface area contributed by atoms with Gasteiger partial charge in [-0.15, -0.1) is 0 Å². The maximum Gasteiger partial charge on any atom is 0.225 e. The molecule has 0 spiro atoms. The summed E-state index contributed by atoms with van der Waals surface area (Å²) in [7, 11) is 0. The van der Waals surface area contributed by atoms with Crippen LogP contribution >= 0.6 is 0 Å². The third-order valence-corrected chi connectivity index (χ3v) is 5.76. The number of carbonyl (C=O) groups excluding carboxylic acids is 1. The van der Waals surface area contributed by atoms with E-state index in [-0.39, 0.29) is 5.91 Å². The van der Waals surface area contributed by atoms with Crippen LogP contribution < -0.4 is 10.1 Å². The van der Waals surface area contributed by atoms with Gasteiger partial charge in [-0.3, -0.25) is 4.79 Å². The molecule has 3 aromatic carbocycles. The number of aromatic nitrogens is 3. The van der Waals surface area contributed by atoms with Crippen molar-refractivity contribution in [1.82, 2.24) is 14.8 Å². The molecule has 0 aliphatic rings. The van der Waals surface area contributed by atoms with Crippen LogP contribution in [0.25, 0.3) is 27.5 Å². The van der Waals surface area contributed by atoms with Gasteiger partial charge in [0.1, 0.15) is 11.6 Å². The van der Waals surface area contributed by atoms with E-state index in [0.29, 0.717) is 31.1 Å². The molecule has 1 N–H and O–H groups in total. The molecule has 6 nitrogen and oxygen atoms in total. The summed E-state index contributed by atoms with van der Waals surface area (Å²) >= 11 is 0. The summed E-state index contributed by atoms with van der Waals surface area (Å²) in [5, 5.41) is 11.0. The maximum absolute atomic E-state index is 12.6. The Hall–Kier alpha value is -4.19. The quantitative estimate of drug-likeness (QED) is 0.309. The fourth-order valence-electron chi connectivity index (χ4n) is 4.09. The molecule has 0 aliphatic carbocycles. The van der Waals surface area contributed by atoms with E-state index in [9.17, 15) is 4.79 Å². The molecule has 2 aromatic heterocycles. The average Bonchev–Trinajstić information content (AvgIpc) is 3.21. The van der Waals surface area contributed by atoms with E-state index >= 15 is 0 Å². The number of hydrogen-bond donors (Lipinski definition) is 1. The van der Waals surface area contributed by atoms with Crippen molar-refractivity contribution in [3.8, 4) is 11.6 Å². The molecule has 0 aliphatic heterocycles. The number of amides is 1. The summed E-state index contributed by atoms with van der Waals surface area (Å²) in [5.74, 6) is 2.02. The summed E-state index contributed by atoms with van der Waals surface area (Å²) in [5.41, 5.74) is 2.81. The smallest absolute Gasteiger partial charge is 0.225 e. The number of aryl methyl sites for hydroxylation is 2. The molecule has 0 fully saturated rings. The van der Waals surface area contributed by atoms with E-state index < -0.39 is 0 Å². The lowest BCUT2D eigenvalue weighted by Crippen LogP contribution is -2.16. The van der Waals surface area contributed by atoms with Crippen LogP contribution in [0.2, 0.25) is 0 Å². The first kappa shape index (κ1) is 21.6. The molecule has 0 saturated heterocycles. The number of hydrogen-bond acceptors (Lipinski definition) is 4. The molecule has 0 saturated carbocycles. The lowest BCUT2D eigenvalue weighted by molar-refractivity contribution is -0.116. The summed E-state index contributed by atoms with van der Waals surface area (Å²) in [6.45, 7) is 4.42. The largest absolute Gasteiger partial charge is 0.494 e. The van der Waals surface area contributed by atoms with Crippen LogP contribution in [0.3, 0.4) is 0 Å². The Labute approximate surface area is 198 Å². The van der Waals surface area contributed by atoms with Gasteiger partial charge in [0.05, 0.1) is 17.8 Å². The van der Waals surface area contributed by atoms with Crippen LogP contribution in [-0.2, 0) is 4.79 Å². The Morgan fingerprint density at radius 3 is 2.62 bits per heavy atom. The molecule has 1 amide bonds. The Bertz CT molecular complexity index is 1490. The van der Waals surface area contributed by atoms with Crippen molar-refractivity contribution >= 4 is 33.4 Å². The Morgan fingerprint density at radius 2 is 1.74 bits per heavy atom. The van der Waals surface area contributed by atoms with E-state index in [1.807, 2.05) is 67.6 Å². The first-order chi connectivity index (χ1) is 16.6. The maximum atomic E-state index is 12.6. The van der Waals surface area contributed by atoms with Gasteiger partial charge < -0.3 is 10.1 Å². The minimum absolute atomic E-state index is 0.0826. The lowest BCUT2D eigenvalue weighted by Gasteiger charge is -2.11. The Kier molecular flexibility index (Phi) is 5.95. The molecular formula is C28H26N4O2. The number of rotatable bonds is 7. The van der Waals surface area contributed by atoms with Crippen LogP contribution in [0.15, 0.2) is 78.9 Å². The second kappa shape index (κ2) is 9.35. The number of nitrogens with one attached hydrogen (secondary N) is 1. The average molecular weight is 451 g/mol. The van der Waals surface area contributed by atoms with Crippen molar-refractivity contribution in [2.75, 3.05) is 11.9 Å². The van der Waals surface area contributed by atoms with Gasteiger partial charge in [-0.25, -0.2) is 4.98 Å². The molecule has 0 radical (unpaired) electrons. The second-order valence-electron chi connectivity index (χ2n) is 8.41. The number of pyridine rings is 1. The molecule has 34 heavy (non-hydrogen) atoms. The SMILES string of the molecule is Cc1cc(NC(=O)CCCOc2ccc3ccccc3c2)n(-c2cc(C)c3ccccc3n2)n1. The van der Waals surface area contributed by atoms with Crippen molar-refractivity contribution in [2.24, 2.45) is 0 Å². The van der Waals surface area contributed by atoms with Crippen molar-refractivity contribution in [1.29, 1.82) is 0 Å². The van der Waals surface area contributed by atoms with E-state index in [2.05, 4.69) is 35.5 Å². The third-order valence-electron chi connectivity index (χ3n) is 5.76. The topological polar surface area (TPSA) is 69.0 Å². The van der Waals surface area contributed by atoms with Crippen LogP contribution in [-0.4, -0.2) is 27.3 Å². The standard InChI is InChI=1S/C28H26N4O2/c1-19-16-26(29-25-11-6-5-10-24(19)25)32-27(17-20(2)31-32)30-28(33)12-7-15-34-23-14-13-21-8-3-4-9-22(21)18-23/h3-6,8-11,13-14,16-18H,7,12,15H2,1-2H3,(H,30,33). The van der Waals surface area contributed by atoms with Gasteiger partial charge in [0.2, 0.25) is 5.91 Å². The molecule has 0 unspecified atom stereocenters. The number of nitrogens with zero attached hydrogens (tertiary/aromatic N) is 3. The molecule has 6 heteroatoms. The van der Waals surface area contributed by atoms with Gasteiger partial charge in [0, 0.05) is 17.9 Å². The molecule has 5 aromatic rings. The zero-order chi connectivity index (χ0) is 23.5. The zero-order valence-electron chi connectivity index (χ0n) is 19.3. The van der Waals surface area contributed by atoms with Crippen molar-refractivity contribution in [3.05, 3.63) is 90.1 Å². The number of fused-ring (bicyclic) bond motifs is 2. The third kappa shape index (κ3) is 4.62.